The number of fused-ring (bicyclic) bond motifs is 10. The molecule has 2 bridgehead atoms. The van der Waals surface area contributed by atoms with Crippen molar-refractivity contribution in [3.8, 4) is 28.7 Å². The quantitative estimate of drug-likeness (QED) is 0.594. The van der Waals surface area contributed by atoms with Gasteiger partial charge in [0.05, 0.1) is 18.1 Å². The zero-order chi connectivity index (χ0) is 24.0. The first-order valence-corrected chi connectivity index (χ1v) is 12.6. The van der Waals surface area contributed by atoms with E-state index in [-0.39, 0.29) is 30.1 Å². The molecule has 1 saturated heterocycles. The monoisotopic (exact) mass is 486 g/mol. The second-order valence-corrected chi connectivity index (χ2v) is 10.6. The molecule has 184 valence electrons. The summed E-state index contributed by atoms with van der Waals surface area (Å²) in [6.07, 6.45) is 0.924. The van der Waals surface area contributed by atoms with Crippen LogP contribution in [-0.4, -0.2) is 41.1 Å². The lowest BCUT2D eigenvalue weighted by atomic mass is 9.82. The Bertz CT molecular complexity index is 1470. The first-order valence-electron chi connectivity index (χ1n) is 12.6. The minimum Gasteiger partial charge on any atom is -0.507 e. The summed E-state index contributed by atoms with van der Waals surface area (Å²) in [5.41, 5.74) is 4.06. The average Bonchev–Trinajstić information content (AvgIpc) is 3.48. The van der Waals surface area contributed by atoms with E-state index in [1.165, 1.54) is 0 Å². The molecule has 4 atom stereocenters. The van der Waals surface area contributed by atoms with Gasteiger partial charge in [-0.15, -0.1) is 0 Å². The standard InChI is InChI=1S/C28H26N2O6/c31-22-5-4-17-27(33-13-20-18-7-24-25(35-14-34-24)8-23(18)36-28(17)20)19(22)12-29-9-15-6-16(11-29)21-2-1-3-26(32)30(21)10-15/h1-5,7-8,15-16,20,28,31H,6,9-14H2/t15?,16?,20-,28-/m0/s1. The SMILES string of the molecule is O=c1cccc2n1CC1CC2CN(Cc2c(O)ccc3c2OC[C@H]2c4cc5c(cc4O[C@@H]32)OCO5)C1. The summed E-state index contributed by atoms with van der Waals surface area (Å²) < 4.78 is 25.8. The lowest BCUT2D eigenvalue weighted by Crippen LogP contribution is -2.46. The van der Waals surface area contributed by atoms with Gasteiger partial charge in [-0.2, -0.15) is 0 Å². The van der Waals surface area contributed by atoms with Crippen LogP contribution in [0.3, 0.4) is 0 Å². The van der Waals surface area contributed by atoms with Gasteiger partial charge < -0.3 is 28.6 Å². The molecule has 8 nitrogen and oxygen atoms in total. The van der Waals surface area contributed by atoms with Crippen molar-refractivity contribution in [2.45, 2.75) is 37.5 Å². The number of ether oxygens (including phenoxy) is 4. The Labute approximate surface area is 207 Å². The van der Waals surface area contributed by atoms with Crippen LogP contribution in [0.15, 0.2) is 47.3 Å². The Balaban J connectivity index is 1.10. The van der Waals surface area contributed by atoms with Crippen LogP contribution >= 0.6 is 0 Å². The van der Waals surface area contributed by atoms with Crippen molar-refractivity contribution < 1.29 is 24.1 Å². The van der Waals surface area contributed by atoms with Gasteiger partial charge in [0.15, 0.2) is 11.5 Å². The molecule has 0 aliphatic carbocycles. The number of hydrogen-bond donors (Lipinski definition) is 1. The van der Waals surface area contributed by atoms with E-state index in [2.05, 4.69) is 11.0 Å². The molecule has 0 spiro atoms. The summed E-state index contributed by atoms with van der Waals surface area (Å²) in [6, 6.07) is 13.2. The smallest absolute Gasteiger partial charge is 0.250 e. The van der Waals surface area contributed by atoms with Crippen molar-refractivity contribution in [2.24, 2.45) is 5.92 Å². The summed E-state index contributed by atoms with van der Waals surface area (Å²) in [7, 11) is 0. The lowest BCUT2D eigenvalue weighted by molar-refractivity contribution is 0.108. The summed E-state index contributed by atoms with van der Waals surface area (Å²) in [5.74, 6) is 4.03. The molecule has 5 aliphatic rings. The highest BCUT2D eigenvalue weighted by molar-refractivity contribution is 5.59. The number of nitrogens with zero attached hydrogens (tertiary/aromatic N) is 2. The van der Waals surface area contributed by atoms with Crippen LogP contribution in [0.25, 0.3) is 0 Å². The van der Waals surface area contributed by atoms with E-state index < -0.39 is 0 Å². The molecule has 1 fully saturated rings. The van der Waals surface area contributed by atoms with Crippen LogP contribution in [0.2, 0.25) is 0 Å². The fourth-order valence-electron chi connectivity index (χ4n) is 6.87. The highest BCUT2D eigenvalue weighted by Crippen LogP contribution is 2.55. The summed E-state index contributed by atoms with van der Waals surface area (Å²) in [5, 5.41) is 10.9. The summed E-state index contributed by atoms with van der Waals surface area (Å²) >= 11 is 0. The molecular formula is C28H26N2O6. The second kappa shape index (κ2) is 7.43. The molecule has 6 heterocycles. The largest absolute Gasteiger partial charge is 0.507 e. The van der Waals surface area contributed by atoms with Crippen molar-refractivity contribution in [1.29, 1.82) is 0 Å². The molecule has 0 amide bonds. The third-order valence-corrected chi connectivity index (χ3v) is 8.44. The Kier molecular flexibility index (Phi) is 4.24. The number of aromatic nitrogens is 1. The van der Waals surface area contributed by atoms with Crippen molar-refractivity contribution in [2.75, 3.05) is 26.5 Å². The minimum atomic E-state index is -0.176. The van der Waals surface area contributed by atoms with Gasteiger partial charge in [-0.25, -0.2) is 0 Å². The van der Waals surface area contributed by atoms with E-state index in [9.17, 15) is 9.90 Å². The molecule has 2 unspecified atom stereocenters. The molecule has 8 heteroatoms. The summed E-state index contributed by atoms with van der Waals surface area (Å²) in [6.45, 7) is 3.80. The van der Waals surface area contributed by atoms with Crippen molar-refractivity contribution >= 4 is 0 Å². The van der Waals surface area contributed by atoms with Crippen LogP contribution in [0.5, 0.6) is 28.7 Å². The molecule has 3 aromatic rings. The molecular weight excluding hydrogens is 460 g/mol. The average molecular weight is 487 g/mol. The number of phenols is 1. The number of rotatable bonds is 2. The molecule has 8 rings (SSSR count). The zero-order valence-electron chi connectivity index (χ0n) is 19.7. The van der Waals surface area contributed by atoms with E-state index >= 15 is 0 Å². The fraction of sp³-hybridized carbons (Fsp3) is 0.393. The first kappa shape index (κ1) is 20.5. The van der Waals surface area contributed by atoms with Gasteiger partial charge in [0.25, 0.3) is 5.56 Å². The second-order valence-electron chi connectivity index (χ2n) is 10.6. The topological polar surface area (TPSA) is 82.4 Å². The van der Waals surface area contributed by atoms with E-state index in [4.69, 9.17) is 18.9 Å². The fourth-order valence-corrected chi connectivity index (χ4v) is 6.87. The van der Waals surface area contributed by atoms with Crippen LogP contribution in [0.1, 0.15) is 46.7 Å². The van der Waals surface area contributed by atoms with Gasteiger partial charge in [-0.1, -0.05) is 6.07 Å². The van der Waals surface area contributed by atoms with Crippen molar-refractivity contribution in [1.82, 2.24) is 9.47 Å². The predicted octanol–water partition coefficient (Wildman–Crippen LogP) is 3.51. The Morgan fingerprint density at radius 3 is 2.75 bits per heavy atom. The Morgan fingerprint density at radius 1 is 0.944 bits per heavy atom. The number of likely N-dealkylation sites (tertiary alicyclic amines) is 1. The molecule has 5 aliphatic heterocycles. The number of hydrogen-bond acceptors (Lipinski definition) is 7. The molecule has 0 saturated carbocycles. The minimum absolute atomic E-state index is 0.0588. The van der Waals surface area contributed by atoms with Crippen molar-refractivity contribution in [3.05, 3.63) is 75.2 Å². The first-order chi connectivity index (χ1) is 17.6. The highest BCUT2D eigenvalue weighted by Gasteiger charge is 2.43. The normalized spacial score (nSPS) is 26.8. The maximum absolute atomic E-state index is 12.4. The molecule has 1 N–H and O–H groups in total. The van der Waals surface area contributed by atoms with E-state index in [1.54, 1.807) is 12.1 Å². The summed E-state index contributed by atoms with van der Waals surface area (Å²) in [4.78, 5) is 14.8. The van der Waals surface area contributed by atoms with Crippen LogP contribution in [0, 0.1) is 5.92 Å². The number of phenolic OH excluding ortho intramolecular Hbond substituents is 1. The van der Waals surface area contributed by atoms with Gasteiger partial charge in [-0.05, 0) is 36.6 Å². The van der Waals surface area contributed by atoms with Gasteiger partial charge in [-0.3, -0.25) is 9.69 Å². The number of benzene rings is 2. The predicted molar refractivity (Wildman–Crippen MR) is 129 cm³/mol. The Hall–Kier alpha value is -3.65. The van der Waals surface area contributed by atoms with E-state index in [1.807, 2.05) is 28.8 Å². The molecule has 36 heavy (non-hydrogen) atoms. The van der Waals surface area contributed by atoms with Gasteiger partial charge >= 0.3 is 0 Å². The number of piperidine rings is 1. The third kappa shape index (κ3) is 2.94. The number of aromatic hydroxyl groups is 1. The molecule has 0 radical (unpaired) electrons. The molecule has 2 aromatic carbocycles. The van der Waals surface area contributed by atoms with Gasteiger partial charge in [0.2, 0.25) is 6.79 Å². The van der Waals surface area contributed by atoms with Gasteiger partial charge in [0, 0.05) is 61.1 Å². The maximum Gasteiger partial charge on any atom is 0.250 e. The third-order valence-electron chi connectivity index (χ3n) is 8.44. The van der Waals surface area contributed by atoms with Crippen molar-refractivity contribution in [3.63, 3.8) is 0 Å². The lowest BCUT2D eigenvalue weighted by Gasteiger charge is -2.43. The van der Waals surface area contributed by atoms with E-state index in [0.717, 1.165) is 65.7 Å². The highest BCUT2D eigenvalue weighted by atomic mass is 16.7. The number of pyridine rings is 1. The Morgan fingerprint density at radius 2 is 1.83 bits per heavy atom. The van der Waals surface area contributed by atoms with E-state index in [0.29, 0.717) is 30.7 Å². The maximum atomic E-state index is 12.4. The van der Waals surface area contributed by atoms with Gasteiger partial charge in [0.1, 0.15) is 23.4 Å². The zero-order valence-corrected chi connectivity index (χ0v) is 19.7. The molecule has 1 aromatic heterocycles. The van der Waals surface area contributed by atoms with Crippen LogP contribution < -0.4 is 24.5 Å². The van der Waals surface area contributed by atoms with Crippen LogP contribution in [-0.2, 0) is 13.1 Å². The van der Waals surface area contributed by atoms with Crippen LogP contribution in [0.4, 0.5) is 0 Å².